The highest BCUT2D eigenvalue weighted by atomic mass is 32.1. The molecule has 5 N–H and O–H groups in total. The van der Waals surface area contributed by atoms with Crippen molar-refractivity contribution >= 4 is 45.0 Å². The number of hydrogen-bond acceptors (Lipinski definition) is 6. The first kappa shape index (κ1) is 21.8. The number of amides is 3. The number of nitrogens with zero attached hydrogens (tertiary/aromatic N) is 2. The SMILES string of the molecule is NC(=O)c1cc(NC(=O)Cn2cnc3scc(-c4ccc(F)cc4)c3c2=O)cc(C(N)=O)c1. The molecule has 0 unspecified atom stereocenters. The Labute approximate surface area is 189 Å². The summed E-state index contributed by atoms with van der Waals surface area (Å²) >= 11 is 1.26. The predicted molar refractivity (Wildman–Crippen MR) is 121 cm³/mol. The highest BCUT2D eigenvalue weighted by Gasteiger charge is 2.16. The monoisotopic (exact) mass is 465 g/mol. The molecule has 0 saturated carbocycles. The Morgan fingerprint density at radius 3 is 2.27 bits per heavy atom. The number of nitrogens with one attached hydrogen (secondary N) is 1. The minimum absolute atomic E-state index is 0.0101. The third-order valence-electron chi connectivity index (χ3n) is 4.82. The van der Waals surface area contributed by atoms with Crippen molar-refractivity contribution in [3.05, 3.63) is 81.5 Å². The van der Waals surface area contributed by atoms with Crippen LogP contribution in [0.2, 0.25) is 0 Å². The van der Waals surface area contributed by atoms with E-state index in [1.165, 1.54) is 48.0 Å². The molecule has 11 heteroatoms. The summed E-state index contributed by atoms with van der Waals surface area (Å²) in [4.78, 5) is 53.4. The normalized spacial score (nSPS) is 10.8. The molecule has 2 heterocycles. The van der Waals surface area contributed by atoms with E-state index in [2.05, 4.69) is 10.3 Å². The van der Waals surface area contributed by atoms with Gasteiger partial charge in [-0.2, -0.15) is 0 Å². The highest BCUT2D eigenvalue weighted by molar-refractivity contribution is 7.17. The molecule has 33 heavy (non-hydrogen) atoms. The third-order valence-corrected chi connectivity index (χ3v) is 5.70. The minimum atomic E-state index is -0.801. The van der Waals surface area contributed by atoms with Gasteiger partial charge in [0.2, 0.25) is 17.7 Å². The van der Waals surface area contributed by atoms with E-state index in [-0.39, 0.29) is 23.4 Å². The lowest BCUT2D eigenvalue weighted by atomic mass is 10.1. The first-order valence-corrected chi connectivity index (χ1v) is 10.4. The second-order valence-electron chi connectivity index (χ2n) is 7.09. The van der Waals surface area contributed by atoms with Crippen molar-refractivity contribution in [2.45, 2.75) is 6.54 Å². The summed E-state index contributed by atoms with van der Waals surface area (Å²) in [6, 6.07) is 9.51. The second-order valence-corrected chi connectivity index (χ2v) is 7.95. The van der Waals surface area contributed by atoms with E-state index in [1.54, 1.807) is 17.5 Å². The smallest absolute Gasteiger partial charge is 0.263 e. The summed E-state index contributed by atoms with van der Waals surface area (Å²) in [5.41, 5.74) is 11.4. The van der Waals surface area contributed by atoms with Gasteiger partial charge in [0.15, 0.2) is 0 Å². The first-order chi connectivity index (χ1) is 15.7. The zero-order valence-electron chi connectivity index (χ0n) is 16.9. The van der Waals surface area contributed by atoms with Crippen molar-refractivity contribution in [3.8, 4) is 11.1 Å². The van der Waals surface area contributed by atoms with Crippen molar-refractivity contribution in [1.29, 1.82) is 0 Å². The van der Waals surface area contributed by atoms with Crippen LogP contribution in [0.5, 0.6) is 0 Å². The molecular formula is C22H16FN5O4S. The van der Waals surface area contributed by atoms with E-state index >= 15 is 0 Å². The standard InChI is InChI=1S/C22H16FN5O4S/c23-14-3-1-11(2-4-14)16-9-33-21-18(16)22(32)28(10-26-21)8-17(29)27-15-6-12(19(24)30)5-13(7-15)20(25)31/h1-7,9-10H,8H2,(H2,24,30)(H2,25,31)(H,27,29). The number of halogens is 1. The van der Waals surface area contributed by atoms with Gasteiger partial charge < -0.3 is 16.8 Å². The summed E-state index contributed by atoms with van der Waals surface area (Å²) in [5.74, 6) is -2.60. The molecular weight excluding hydrogens is 449 g/mol. The van der Waals surface area contributed by atoms with E-state index in [0.717, 1.165) is 4.57 Å². The van der Waals surface area contributed by atoms with Crippen LogP contribution in [0.1, 0.15) is 20.7 Å². The van der Waals surface area contributed by atoms with Gasteiger partial charge in [-0.3, -0.25) is 23.7 Å². The highest BCUT2D eigenvalue weighted by Crippen LogP contribution is 2.30. The van der Waals surface area contributed by atoms with Gasteiger partial charge in [-0.25, -0.2) is 9.37 Å². The molecule has 0 bridgehead atoms. The third kappa shape index (κ3) is 4.48. The molecule has 2 aromatic carbocycles. The van der Waals surface area contributed by atoms with Gasteiger partial charge in [-0.15, -0.1) is 11.3 Å². The lowest BCUT2D eigenvalue weighted by Gasteiger charge is -2.10. The number of fused-ring (bicyclic) bond motifs is 1. The Morgan fingerprint density at radius 1 is 1.03 bits per heavy atom. The molecule has 0 aliphatic carbocycles. The van der Waals surface area contributed by atoms with Crippen LogP contribution in [-0.2, 0) is 11.3 Å². The molecule has 4 aromatic rings. The second kappa shape index (κ2) is 8.63. The van der Waals surface area contributed by atoms with Gasteiger partial charge in [-0.05, 0) is 35.9 Å². The van der Waals surface area contributed by atoms with Crippen LogP contribution in [0.3, 0.4) is 0 Å². The van der Waals surface area contributed by atoms with E-state index in [1.807, 2.05) is 0 Å². The molecule has 0 radical (unpaired) electrons. The summed E-state index contributed by atoms with van der Waals surface area (Å²) in [6.45, 7) is -0.382. The minimum Gasteiger partial charge on any atom is -0.366 e. The van der Waals surface area contributed by atoms with E-state index in [4.69, 9.17) is 11.5 Å². The Morgan fingerprint density at radius 2 is 1.67 bits per heavy atom. The van der Waals surface area contributed by atoms with Crippen molar-refractivity contribution in [2.24, 2.45) is 11.5 Å². The van der Waals surface area contributed by atoms with Gasteiger partial charge in [0.05, 0.1) is 11.7 Å². The lowest BCUT2D eigenvalue weighted by Crippen LogP contribution is -2.28. The average molecular weight is 465 g/mol. The molecule has 0 saturated heterocycles. The van der Waals surface area contributed by atoms with Gasteiger partial charge in [0.1, 0.15) is 17.2 Å². The van der Waals surface area contributed by atoms with Gasteiger partial charge in [0.25, 0.3) is 5.56 Å². The number of primary amides is 2. The van der Waals surface area contributed by atoms with Gasteiger partial charge in [-0.1, -0.05) is 12.1 Å². The van der Waals surface area contributed by atoms with Crippen LogP contribution in [-0.4, -0.2) is 27.3 Å². The van der Waals surface area contributed by atoms with Crippen LogP contribution >= 0.6 is 11.3 Å². The molecule has 3 amide bonds. The zero-order valence-corrected chi connectivity index (χ0v) is 17.7. The molecule has 2 aromatic heterocycles. The number of carbonyl (C=O) groups excluding carboxylic acids is 3. The fourth-order valence-electron chi connectivity index (χ4n) is 3.26. The number of benzene rings is 2. The summed E-state index contributed by atoms with van der Waals surface area (Å²) < 4.78 is 14.4. The molecule has 4 rings (SSSR count). The van der Waals surface area contributed by atoms with Crippen LogP contribution in [0.15, 0.2) is 59.0 Å². The summed E-state index contributed by atoms with van der Waals surface area (Å²) in [7, 11) is 0. The average Bonchev–Trinajstić information content (AvgIpc) is 3.21. The fourth-order valence-corrected chi connectivity index (χ4v) is 4.17. The molecule has 0 fully saturated rings. The van der Waals surface area contributed by atoms with Crippen molar-refractivity contribution in [3.63, 3.8) is 0 Å². The van der Waals surface area contributed by atoms with Crippen LogP contribution in [0.4, 0.5) is 10.1 Å². The summed E-state index contributed by atoms with van der Waals surface area (Å²) in [6.07, 6.45) is 1.25. The Bertz CT molecular complexity index is 1440. The van der Waals surface area contributed by atoms with Gasteiger partial charge in [0, 0.05) is 27.8 Å². The van der Waals surface area contributed by atoms with Crippen LogP contribution in [0.25, 0.3) is 21.3 Å². The molecule has 0 aliphatic heterocycles. The molecule has 166 valence electrons. The zero-order chi connectivity index (χ0) is 23.7. The Kier molecular flexibility index (Phi) is 5.71. The molecule has 0 spiro atoms. The maximum atomic E-state index is 13.3. The number of aromatic nitrogens is 2. The van der Waals surface area contributed by atoms with E-state index in [0.29, 0.717) is 21.3 Å². The quantitative estimate of drug-likeness (QED) is 0.398. The summed E-state index contributed by atoms with van der Waals surface area (Å²) in [5, 5.41) is 4.58. The van der Waals surface area contributed by atoms with Crippen molar-refractivity contribution in [1.82, 2.24) is 9.55 Å². The number of carbonyl (C=O) groups is 3. The van der Waals surface area contributed by atoms with Crippen molar-refractivity contribution < 1.29 is 18.8 Å². The predicted octanol–water partition coefficient (Wildman–Crippen LogP) is 2.10. The number of nitrogens with two attached hydrogens (primary N) is 2. The maximum Gasteiger partial charge on any atom is 0.263 e. The number of anilines is 1. The van der Waals surface area contributed by atoms with Gasteiger partial charge >= 0.3 is 0 Å². The number of rotatable bonds is 6. The number of hydrogen-bond donors (Lipinski definition) is 3. The lowest BCUT2D eigenvalue weighted by molar-refractivity contribution is -0.116. The Balaban J connectivity index is 1.64. The topological polar surface area (TPSA) is 150 Å². The molecule has 0 aliphatic rings. The van der Waals surface area contributed by atoms with E-state index < -0.39 is 29.1 Å². The molecule has 9 nitrogen and oxygen atoms in total. The Hall–Kier alpha value is -4.38. The van der Waals surface area contributed by atoms with Crippen LogP contribution < -0.4 is 22.3 Å². The van der Waals surface area contributed by atoms with Crippen molar-refractivity contribution in [2.75, 3.05) is 5.32 Å². The molecule has 0 atom stereocenters. The van der Waals surface area contributed by atoms with E-state index in [9.17, 15) is 23.6 Å². The van der Waals surface area contributed by atoms with Crippen LogP contribution in [0, 0.1) is 5.82 Å². The largest absolute Gasteiger partial charge is 0.366 e. The first-order valence-electron chi connectivity index (χ1n) is 9.50. The maximum absolute atomic E-state index is 13.3. The number of thiophene rings is 1. The fraction of sp³-hybridized carbons (Fsp3) is 0.0455.